The summed E-state index contributed by atoms with van der Waals surface area (Å²) in [4.78, 5) is 52.8. The van der Waals surface area contributed by atoms with Gasteiger partial charge in [0.15, 0.2) is 0 Å². The molecule has 0 radical (unpaired) electrons. The molecule has 5 aromatic carbocycles. The van der Waals surface area contributed by atoms with Crippen molar-refractivity contribution in [3.63, 3.8) is 0 Å². The molecule has 9 heteroatoms. The zero-order valence-electron chi connectivity index (χ0n) is 28.8. The van der Waals surface area contributed by atoms with E-state index in [1.165, 1.54) is 0 Å². The maximum atomic E-state index is 14.1. The molecule has 52 heavy (non-hydrogen) atoms. The van der Waals surface area contributed by atoms with Gasteiger partial charge in [0.1, 0.15) is 24.4 Å². The summed E-state index contributed by atoms with van der Waals surface area (Å²) in [6.45, 7) is 0.573. The van der Waals surface area contributed by atoms with Crippen LogP contribution >= 0.6 is 0 Å². The normalized spacial score (nSPS) is 12.2. The first-order valence-corrected chi connectivity index (χ1v) is 17.4. The quantitative estimate of drug-likeness (QED) is 0.106. The molecule has 9 nitrogen and oxygen atoms in total. The van der Waals surface area contributed by atoms with Crippen molar-refractivity contribution in [2.24, 2.45) is 5.73 Å². The molecule has 1 aromatic heterocycles. The number of aromatic nitrogens is 1. The molecule has 0 aliphatic rings. The van der Waals surface area contributed by atoms with Gasteiger partial charge in [0, 0.05) is 30.3 Å². The zero-order chi connectivity index (χ0) is 36.3. The first-order chi connectivity index (χ1) is 25.3. The average molecular weight is 696 g/mol. The Balaban J connectivity index is 1.21. The molecule has 0 aliphatic carbocycles. The molecule has 264 valence electrons. The Bertz CT molecular complexity index is 2160. The fourth-order valence-electron chi connectivity index (χ4n) is 6.33. The number of nitrogens with two attached hydrogens (primary N) is 1. The number of carbonyl (C=O) groups is 4. The monoisotopic (exact) mass is 695 g/mol. The summed E-state index contributed by atoms with van der Waals surface area (Å²) in [7, 11) is 0. The van der Waals surface area contributed by atoms with Gasteiger partial charge >= 0.3 is 11.9 Å². The van der Waals surface area contributed by atoms with Crippen LogP contribution in [0.3, 0.4) is 0 Å². The number of hydrogen-bond acceptors (Lipinski definition) is 6. The van der Waals surface area contributed by atoms with E-state index in [1.807, 2.05) is 132 Å². The molecule has 6 rings (SSSR count). The number of esters is 2. The molecular weight excluding hydrogens is 654 g/mol. The van der Waals surface area contributed by atoms with Crippen molar-refractivity contribution < 1.29 is 28.7 Å². The molecule has 2 atom stereocenters. The van der Waals surface area contributed by atoms with Gasteiger partial charge in [-0.2, -0.15) is 0 Å². The molecule has 0 spiro atoms. The van der Waals surface area contributed by atoms with E-state index in [9.17, 15) is 19.2 Å². The highest BCUT2D eigenvalue weighted by Crippen LogP contribution is 2.23. The topological polar surface area (TPSA) is 130 Å². The van der Waals surface area contributed by atoms with E-state index in [1.54, 1.807) is 6.07 Å². The van der Waals surface area contributed by atoms with Gasteiger partial charge in [-0.25, -0.2) is 4.79 Å². The summed E-state index contributed by atoms with van der Waals surface area (Å²) in [6, 6.07) is 41.3. The number of fused-ring (bicyclic) bond motifs is 2. The Hall–Kier alpha value is -6.22. The fraction of sp³-hybridized carbons (Fsp3) is 0.209. The number of primary amides is 1. The van der Waals surface area contributed by atoms with Gasteiger partial charge in [0.2, 0.25) is 5.91 Å². The van der Waals surface area contributed by atoms with Crippen molar-refractivity contribution in [1.82, 2.24) is 9.88 Å². The van der Waals surface area contributed by atoms with Crippen LogP contribution in [0, 0.1) is 0 Å². The van der Waals surface area contributed by atoms with Crippen LogP contribution in [0.4, 0.5) is 0 Å². The molecule has 6 aromatic rings. The predicted molar refractivity (Wildman–Crippen MR) is 200 cm³/mol. The minimum absolute atomic E-state index is 0.0303. The second kappa shape index (κ2) is 17.1. The number of nitrogens with zero attached hydrogens (tertiary/aromatic N) is 1. The van der Waals surface area contributed by atoms with E-state index in [0.717, 1.165) is 38.4 Å². The second-order valence-corrected chi connectivity index (χ2v) is 12.8. The highest BCUT2D eigenvalue weighted by atomic mass is 16.5. The van der Waals surface area contributed by atoms with E-state index in [4.69, 9.17) is 15.2 Å². The third-order valence-corrected chi connectivity index (χ3v) is 8.92. The van der Waals surface area contributed by atoms with Gasteiger partial charge in [0.25, 0.3) is 5.91 Å². The molecule has 0 unspecified atom stereocenters. The second-order valence-electron chi connectivity index (χ2n) is 12.8. The van der Waals surface area contributed by atoms with Crippen LogP contribution in [0.25, 0.3) is 21.7 Å². The highest BCUT2D eigenvalue weighted by molar-refractivity contribution is 6.00. The number of rotatable bonds is 16. The summed E-state index contributed by atoms with van der Waals surface area (Å²) >= 11 is 0. The smallest absolute Gasteiger partial charge is 0.328 e. The molecule has 2 amide bonds. The van der Waals surface area contributed by atoms with Crippen LogP contribution < -0.4 is 11.1 Å². The SMILES string of the molecule is NC(=O)C[C@H](Cc1ccc2ccccc2c1)OC(=O)[C@H](CCCC(=O)OCc1ccccc1)NC(=O)c1cc2ccccc2n1Cc1ccccc1. The predicted octanol–water partition coefficient (Wildman–Crippen LogP) is 6.88. The average Bonchev–Trinajstić information content (AvgIpc) is 3.52. The van der Waals surface area contributed by atoms with Crippen LogP contribution in [0.5, 0.6) is 0 Å². The number of benzene rings is 5. The van der Waals surface area contributed by atoms with E-state index in [-0.39, 0.29) is 38.7 Å². The lowest BCUT2D eigenvalue weighted by molar-refractivity contribution is -0.153. The molecule has 0 aliphatic heterocycles. The van der Waals surface area contributed by atoms with Crippen molar-refractivity contribution in [3.05, 3.63) is 156 Å². The van der Waals surface area contributed by atoms with Crippen LogP contribution in [0.2, 0.25) is 0 Å². The Morgan fingerprint density at radius 3 is 2.08 bits per heavy atom. The molecule has 1 heterocycles. The third kappa shape index (κ3) is 9.51. The van der Waals surface area contributed by atoms with Crippen molar-refractivity contribution in [3.8, 4) is 0 Å². The number of amides is 2. The van der Waals surface area contributed by atoms with E-state index in [0.29, 0.717) is 12.2 Å². The Labute approximate surface area is 302 Å². The lowest BCUT2D eigenvalue weighted by atomic mass is 10.0. The zero-order valence-corrected chi connectivity index (χ0v) is 28.8. The van der Waals surface area contributed by atoms with Crippen LogP contribution in [0.1, 0.15) is 52.9 Å². The summed E-state index contributed by atoms with van der Waals surface area (Å²) in [5.41, 5.74) is 9.57. The maximum absolute atomic E-state index is 14.1. The van der Waals surface area contributed by atoms with Crippen molar-refractivity contribution in [1.29, 1.82) is 0 Å². The van der Waals surface area contributed by atoms with Gasteiger partial charge in [-0.3, -0.25) is 14.4 Å². The molecule has 0 saturated carbocycles. The van der Waals surface area contributed by atoms with Crippen LogP contribution in [-0.4, -0.2) is 40.5 Å². The molecule has 0 fully saturated rings. The lowest BCUT2D eigenvalue weighted by Crippen LogP contribution is -2.44. The lowest BCUT2D eigenvalue weighted by Gasteiger charge is -2.23. The molecule has 0 saturated heterocycles. The van der Waals surface area contributed by atoms with Gasteiger partial charge in [-0.15, -0.1) is 0 Å². The summed E-state index contributed by atoms with van der Waals surface area (Å²) < 4.78 is 13.3. The maximum Gasteiger partial charge on any atom is 0.328 e. The first kappa shape index (κ1) is 35.6. The number of para-hydroxylation sites is 1. The first-order valence-electron chi connectivity index (χ1n) is 17.4. The van der Waals surface area contributed by atoms with Crippen LogP contribution in [-0.2, 0) is 43.4 Å². The van der Waals surface area contributed by atoms with Crippen molar-refractivity contribution in [2.75, 3.05) is 0 Å². The van der Waals surface area contributed by atoms with Crippen molar-refractivity contribution in [2.45, 2.75) is 57.4 Å². The number of carbonyl (C=O) groups excluding carboxylic acids is 4. The number of nitrogens with one attached hydrogen (secondary N) is 1. The minimum atomic E-state index is -1.12. The largest absolute Gasteiger partial charge is 0.461 e. The fourth-order valence-corrected chi connectivity index (χ4v) is 6.33. The van der Waals surface area contributed by atoms with Crippen molar-refractivity contribution >= 4 is 45.4 Å². The Morgan fingerprint density at radius 2 is 1.35 bits per heavy atom. The standard InChI is InChI=1S/C43H41N3O6/c44-40(47)27-36(25-32-22-23-33-16-7-8-17-34(33)24-32)52-43(50)37(19-11-21-41(48)51-29-31-14-5-2-6-15-31)45-42(49)39-26-35-18-9-10-20-38(35)46(39)28-30-12-3-1-4-13-30/h1-10,12-18,20,22-24,26,36-37H,11,19,21,25,27-29H2,(H2,44,47)(H,45,49)/t36-,37-/m0/s1. The number of ether oxygens (including phenoxy) is 2. The number of hydrogen-bond donors (Lipinski definition) is 2. The van der Waals surface area contributed by atoms with Gasteiger partial charge in [-0.05, 0) is 52.4 Å². The van der Waals surface area contributed by atoms with E-state index >= 15 is 0 Å². The Morgan fingerprint density at radius 1 is 0.692 bits per heavy atom. The molecule has 3 N–H and O–H groups in total. The summed E-state index contributed by atoms with van der Waals surface area (Å²) in [6.07, 6.45) is -0.448. The molecule has 0 bridgehead atoms. The molecular formula is C43H41N3O6. The summed E-state index contributed by atoms with van der Waals surface area (Å²) in [5.74, 6) is -2.23. The summed E-state index contributed by atoms with van der Waals surface area (Å²) in [5, 5.41) is 5.84. The third-order valence-electron chi connectivity index (χ3n) is 8.92. The van der Waals surface area contributed by atoms with Crippen LogP contribution in [0.15, 0.2) is 133 Å². The van der Waals surface area contributed by atoms with Gasteiger partial charge in [0.05, 0.1) is 6.42 Å². The minimum Gasteiger partial charge on any atom is -0.461 e. The van der Waals surface area contributed by atoms with Gasteiger partial charge in [-0.1, -0.05) is 121 Å². The van der Waals surface area contributed by atoms with E-state index < -0.39 is 35.9 Å². The van der Waals surface area contributed by atoms with E-state index in [2.05, 4.69) is 5.32 Å². The van der Waals surface area contributed by atoms with Gasteiger partial charge < -0.3 is 25.1 Å². The Kier molecular flexibility index (Phi) is 11.7. The highest BCUT2D eigenvalue weighted by Gasteiger charge is 2.28.